The molecule has 0 saturated heterocycles. The number of hydrogen-bond donors (Lipinski definition) is 1. The number of carbonyl (C=O) groups is 3. The summed E-state index contributed by atoms with van der Waals surface area (Å²) in [4.78, 5) is 36.3. The molecule has 1 amide bonds. The van der Waals surface area contributed by atoms with E-state index in [1.54, 1.807) is 6.92 Å². The highest BCUT2D eigenvalue weighted by molar-refractivity contribution is 6.08. The SMILES string of the molecule is CCOc1noc(CC)c1CC(NC(C)=O)(C(=O)OC)C(=O)OC. The van der Waals surface area contributed by atoms with Gasteiger partial charge in [0.25, 0.3) is 5.88 Å². The molecule has 0 radical (unpaired) electrons. The molecule has 0 aliphatic heterocycles. The molecule has 9 nitrogen and oxygen atoms in total. The lowest BCUT2D eigenvalue weighted by atomic mass is 9.90. The minimum atomic E-state index is -2.06. The summed E-state index contributed by atoms with van der Waals surface area (Å²) in [6.07, 6.45) is 0.182. The van der Waals surface area contributed by atoms with E-state index in [-0.39, 0.29) is 12.3 Å². The zero-order valence-electron chi connectivity index (χ0n) is 14.4. The first-order valence-corrected chi connectivity index (χ1v) is 7.42. The number of carbonyl (C=O) groups excluding carboxylic acids is 3. The number of ether oxygens (including phenoxy) is 3. The van der Waals surface area contributed by atoms with Gasteiger partial charge in [0.05, 0.1) is 26.4 Å². The molecular formula is C15H22N2O7. The van der Waals surface area contributed by atoms with E-state index in [2.05, 4.69) is 10.5 Å². The molecule has 1 rings (SSSR count). The molecule has 0 spiro atoms. The van der Waals surface area contributed by atoms with Crippen LogP contribution in [0.3, 0.4) is 0 Å². The van der Waals surface area contributed by atoms with Gasteiger partial charge in [-0.2, -0.15) is 0 Å². The summed E-state index contributed by atoms with van der Waals surface area (Å²) >= 11 is 0. The average molecular weight is 342 g/mol. The number of amides is 1. The quantitative estimate of drug-likeness (QED) is 0.533. The number of nitrogens with one attached hydrogen (secondary N) is 1. The van der Waals surface area contributed by atoms with Crippen molar-refractivity contribution in [2.24, 2.45) is 0 Å². The van der Waals surface area contributed by atoms with Crippen LogP contribution in [0.1, 0.15) is 32.1 Å². The van der Waals surface area contributed by atoms with Crippen LogP contribution in [-0.4, -0.2) is 49.4 Å². The molecule has 9 heteroatoms. The summed E-state index contributed by atoms with van der Waals surface area (Å²) < 4.78 is 20.0. The summed E-state index contributed by atoms with van der Waals surface area (Å²) in [5.41, 5.74) is -1.67. The fraction of sp³-hybridized carbons (Fsp3) is 0.600. The third kappa shape index (κ3) is 3.84. The number of aromatic nitrogens is 1. The topological polar surface area (TPSA) is 117 Å². The van der Waals surface area contributed by atoms with Crippen LogP contribution in [0.2, 0.25) is 0 Å². The van der Waals surface area contributed by atoms with Crippen molar-refractivity contribution in [3.05, 3.63) is 11.3 Å². The molecule has 1 aromatic rings. The largest absolute Gasteiger partial charge is 0.476 e. The van der Waals surface area contributed by atoms with Crippen LogP contribution in [0.25, 0.3) is 0 Å². The van der Waals surface area contributed by atoms with Gasteiger partial charge in [-0.3, -0.25) is 4.79 Å². The van der Waals surface area contributed by atoms with Gasteiger partial charge < -0.3 is 24.1 Å². The van der Waals surface area contributed by atoms with Crippen molar-refractivity contribution in [1.82, 2.24) is 10.5 Å². The Hall–Kier alpha value is -2.58. The summed E-state index contributed by atoms with van der Waals surface area (Å²) in [6, 6.07) is 0. The minimum absolute atomic E-state index is 0.150. The third-order valence-electron chi connectivity index (χ3n) is 3.33. The Kier molecular flexibility index (Phi) is 6.75. The van der Waals surface area contributed by atoms with Gasteiger partial charge in [0.2, 0.25) is 11.4 Å². The molecule has 1 N–H and O–H groups in total. The molecule has 0 unspecified atom stereocenters. The lowest BCUT2D eigenvalue weighted by Gasteiger charge is -2.28. The van der Waals surface area contributed by atoms with Crippen LogP contribution in [0.15, 0.2) is 4.52 Å². The third-order valence-corrected chi connectivity index (χ3v) is 3.33. The van der Waals surface area contributed by atoms with Gasteiger partial charge in [-0.05, 0) is 12.1 Å². The minimum Gasteiger partial charge on any atom is -0.476 e. The second kappa shape index (κ2) is 8.32. The highest BCUT2D eigenvalue weighted by Gasteiger charge is 2.51. The van der Waals surface area contributed by atoms with Crippen LogP contribution >= 0.6 is 0 Å². The maximum Gasteiger partial charge on any atom is 0.343 e. The number of nitrogens with zero attached hydrogens (tertiary/aromatic N) is 1. The van der Waals surface area contributed by atoms with E-state index in [9.17, 15) is 14.4 Å². The second-order valence-electron chi connectivity index (χ2n) is 4.92. The maximum absolute atomic E-state index is 12.3. The van der Waals surface area contributed by atoms with Gasteiger partial charge in [-0.15, -0.1) is 0 Å². The van der Waals surface area contributed by atoms with Crippen molar-refractivity contribution in [2.75, 3.05) is 20.8 Å². The molecule has 0 aliphatic rings. The molecule has 0 aliphatic carbocycles. The van der Waals surface area contributed by atoms with Crippen molar-refractivity contribution in [1.29, 1.82) is 0 Å². The first-order chi connectivity index (χ1) is 11.4. The predicted molar refractivity (Wildman–Crippen MR) is 81.3 cm³/mol. The van der Waals surface area contributed by atoms with Gasteiger partial charge >= 0.3 is 11.9 Å². The first kappa shape index (κ1) is 19.5. The molecule has 1 aromatic heterocycles. The molecule has 0 atom stereocenters. The standard InChI is InChI=1S/C15H22N2O7/c1-6-11-10(12(17-24-11)23-7-2)8-15(13(19)21-4,14(20)22-5)16-9(3)18/h6-8H2,1-5H3,(H,16,18). The Bertz CT molecular complexity index is 593. The zero-order chi connectivity index (χ0) is 18.3. The van der Waals surface area contributed by atoms with Crippen molar-refractivity contribution >= 4 is 17.8 Å². The molecule has 1 heterocycles. The fourth-order valence-corrected chi connectivity index (χ4v) is 2.32. The predicted octanol–water partition coefficient (Wildman–Crippen LogP) is 0.399. The summed E-state index contributed by atoms with van der Waals surface area (Å²) in [5, 5.41) is 6.14. The van der Waals surface area contributed by atoms with E-state index < -0.39 is 23.4 Å². The number of hydrogen-bond acceptors (Lipinski definition) is 8. The highest BCUT2D eigenvalue weighted by atomic mass is 16.6. The Labute approximate surface area is 139 Å². The van der Waals surface area contributed by atoms with Gasteiger partial charge in [-0.25, -0.2) is 9.59 Å². The molecule has 0 aromatic carbocycles. The second-order valence-corrected chi connectivity index (χ2v) is 4.92. The number of methoxy groups -OCH3 is 2. The van der Waals surface area contributed by atoms with E-state index in [0.717, 1.165) is 14.2 Å². The van der Waals surface area contributed by atoms with Crippen LogP contribution < -0.4 is 10.1 Å². The van der Waals surface area contributed by atoms with E-state index in [4.69, 9.17) is 18.7 Å². The van der Waals surface area contributed by atoms with E-state index in [1.807, 2.05) is 6.92 Å². The van der Waals surface area contributed by atoms with Crippen molar-refractivity contribution in [3.63, 3.8) is 0 Å². The molecular weight excluding hydrogens is 320 g/mol. The van der Waals surface area contributed by atoms with Crippen LogP contribution in [-0.2, 0) is 36.7 Å². The number of rotatable bonds is 8. The van der Waals surface area contributed by atoms with Gasteiger partial charge in [0.15, 0.2) is 0 Å². The molecule has 24 heavy (non-hydrogen) atoms. The summed E-state index contributed by atoms with van der Waals surface area (Å²) in [6.45, 7) is 5.06. The van der Waals surface area contributed by atoms with Crippen LogP contribution in [0, 0.1) is 0 Å². The van der Waals surface area contributed by atoms with Crippen molar-refractivity contribution in [3.8, 4) is 5.88 Å². The smallest absolute Gasteiger partial charge is 0.343 e. The van der Waals surface area contributed by atoms with Gasteiger partial charge in [-0.1, -0.05) is 6.92 Å². The fourth-order valence-electron chi connectivity index (χ4n) is 2.32. The van der Waals surface area contributed by atoms with Crippen LogP contribution in [0.4, 0.5) is 0 Å². The summed E-state index contributed by atoms with van der Waals surface area (Å²) in [5.74, 6) is -1.94. The van der Waals surface area contributed by atoms with Gasteiger partial charge in [0, 0.05) is 19.8 Å². The van der Waals surface area contributed by atoms with E-state index in [0.29, 0.717) is 24.4 Å². The number of aryl methyl sites for hydroxylation is 1. The molecule has 0 bridgehead atoms. The highest BCUT2D eigenvalue weighted by Crippen LogP contribution is 2.28. The van der Waals surface area contributed by atoms with Gasteiger partial charge in [0.1, 0.15) is 5.76 Å². The van der Waals surface area contributed by atoms with Crippen molar-refractivity contribution < 1.29 is 33.1 Å². The molecule has 0 saturated carbocycles. The lowest BCUT2D eigenvalue weighted by molar-refractivity contribution is -0.165. The monoisotopic (exact) mass is 342 g/mol. The number of esters is 2. The van der Waals surface area contributed by atoms with E-state index >= 15 is 0 Å². The maximum atomic E-state index is 12.3. The Morgan fingerprint density at radius 2 is 1.75 bits per heavy atom. The molecule has 134 valence electrons. The Morgan fingerprint density at radius 1 is 1.17 bits per heavy atom. The zero-order valence-corrected chi connectivity index (χ0v) is 14.4. The Morgan fingerprint density at radius 3 is 2.17 bits per heavy atom. The van der Waals surface area contributed by atoms with Crippen LogP contribution in [0.5, 0.6) is 5.88 Å². The Balaban J connectivity index is 3.45. The normalized spacial score (nSPS) is 10.9. The van der Waals surface area contributed by atoms with E-state index in [1.165, 1.54) is 6.92 Å². The molecule has 0 fully saturated rings. The van der Waals surface area contributed by atoms with Crippen molar-refractivity contribution in [2.45, 2.75) is 39.2 Å². The lowest BCUT2D eigenvalue weighted by Crippen LogP contribution is -2.62. The summed E-state index contributed by atoms with van der Waals surface area (Å²) in [7, 11) is 2.22. The first-order valence-electron chi connectivity index (χ1n) is 7.42. The average Bonchev–Trinajstić information content (AvgIpc) is 2.94.